The number of rotatable bonds is 3. The fraction of sp³-hybridized carbons (Fsp3) is 0.143. The molecule has 0 radical (unpaired) electrons. The van der Waals surface area contributed by atoms with Gasteiger partial charge in [0.2, 0.25) is 0 Å². The van der Waals surface area contributed by atoms with Crippen molar-refractivity contribution in [2.45, 2.75) is 13.8 Å². The van der Waals surface area contributed by atoms with Gasteiger partial charge in [-0.25, -0.2) is 10.2 Å². The first-order chi connectivity index (χ1) is 9.49. The number of hydrogen-bond acceptors (Lipinski definition) is 2. The van der Waals surface area contributed by atoms with E-state index in [2.05, 4.69) is 31.0 Å². The molecule has 0 saturated heterocycles. The molecule has 6 heteroatoms. The SMILES string of the molecule is Cc1cc(/C=N/NC(N)=O)c(C)n1-c1ccc(Br)cc1. The van der Waals surface area contributed by atoms with Gasteiger partial charge in [0, 0.05) is 27.1 Å². The summed E-state index contributed by atoms with van der Waals surface area (Å²) >= 11 is 3.43. The van der Waals surface area contributed by atoms with Gasteiger partial charge in [0.25, 0.3) is 0 Å². The molecule has 1 aromatic heterocycles. The molecule has 0 saturated carbocycles. The number of halogens is 1. The van der Waals surface area contributed by atoms with E-state index in [0.29, 0.717) is 0 Å². The number of nitrogens with two attached hydrogens (primary N) is 1. The van der Waals surface area contributed by atoms with E-state index in [1.807, 2.05) is 44.2 Å². The number of carbonyl (C=O) groups excluding carboxylic acids is 1. The predicted molar refractivity (Wildman–Crippen MR) is 83.3 cm³/mol. The molecule has 0 aliphatic rings. The van der Waals surface area contributed by atoms with Gasteiger partial charge in [-0.15, -0.1) is 0 Å². The number of nitrogens with zero attached hydrogens (tertiary/aromatic N) is 2. The minimum Gasteiger partial charge on any atom is -0.350 e. The number of aromatic nitrogens is 1. The standard InChI is InChI=1S/C14H15BrN4O/c1-9-7-11(8-17-18-14(16)20)10(2)19(9)13-5-3-12(15)4-6-13/h3-8H,1-2H3,(H3,16,18,20)/b17-8+. The van der Waals surface area contributed by atoms with Crippen LogP contribution in [-0.4, -0.2) is 16.8 Å². The molecule has 0 spiro atoms. The summed E-state index contributed by atoms with van der Waals surface area (Å²) in [6.45, 7) is 4.02. The Morgan fingerprint density at radius 2 is 2.00 bits per heavy atom. The van der Waals surface area contributed by atoms with E-state index in [1.54, 1.807) is 6.21 Å². The third kappa shape index (κ3) is 3.08. The van der Waals surface area contributed by atoms with E-state index < -0.39 is 6.03 Å². The lowest BCUT2D eigenvalue weighted by atomic mass is 10.2. The summed E-state index contributed by atoms with van der Waals surface area (Å²) in [4.78, 5) is 10.6. The first kappa shape index (κ1) is 14.3. The van der Waals surface area contributed by atoms with Crippen LogP contribution in [0.2, 0.25) is 0 Å². The number of benzene rings is 1. The Bertz CT molecular complexity index is 659. The molecule has 0 fully saturated rings. The van der Waals surface area contributed by atoms with Crippen LogP contribution < -0.4 is 11.2 Å². The van der Waals surface area contributed by atoms with Crippen LogP contribution in [0.5, 0.6) is 0 Å². The Balaban J connectivity index is 2.36. The van der Waals surface area contributed by atoms with Crippen molar-refractivity contribution in [1.29, 1.82) is 0 Å². The summed E-state index contributed by atoms with van der Waals surface area (Å²) in [6.07, 6.45) is 1.59. The first-order valence-corrected chi connectivity index (χ1v) is 6.81. The third-order valence-electron chi connectivity index (χ3n) is 2.93. The van der Waals surface area contributed by atoms with E-state index in [1.165, 1.54) is 0 Å². The van der Waals surface area contributed by atoms with E-state index in [4.69, 9.17) is 5.73 Å². The summed E-state index contributed by atoms with van der Waals surface area (Å²) in [5.74, 6) is 0. The molecule has 0 atom stereocenters. The molecule has 1 aromatic carbocycles. The van der Waals surface area contributed by atoms with Crippen LogP contribution in [0.3, 0.4) is 0 Å². The van der Waals surface area contributed by atoms with E-state index in [0.717, 1.165) is 27.1 Å². The minimum atomic E-state index is -0.678. The molecule has 2 aromatic rings. The lowest BCUT2D eigenvalue weighted by Gasteiger charge is -2.09. The van der Waals surface area contributed by atoms with Crippen molar-refractivity contribution in [2.24, 2.45) is 10.8 Å². The Kier molecular flexibility index (Phi) is 4.24. The van der Waals surface area contributed by atoms with Crippen molar-refractivity contribution >= 4 is 28.2 Å². The largest absolute Gasteiger partial charge is 0.350 e. The quantitative estimate of drug-likeness (QED) is 0.657. The van der Waals surface area contributed by atoms with E-state index in [-0.39, 0.29) is 0 Å². The highest BCUT2D eigenvalue weighted by atomic mass is 79.9. The van der Waals surface area contributed by atoms with Crippen LogP contribution in [0, 0.1) is 13.8 Å². The van der Waals surface area contributed by atoms with Gasteiger partial charge in [-0.1, -0.05) is 15.9 Å². The Hall–Kier alpha value is -2.08. The molecule has 20 heavy (non-hydrogen) atoms. The number of hydrogen-bond donors (Lipinski definition) is 2. The van der Waals surface area contributed by atoms with Gasteiger partial charge in [-0.05, 0) is 44.2 Å². The fourth-order valence-corrected chi connectivity index (χ4v) is 2.34. The van der Waals surface area contributed by atoms with Crippen LogP contribution in [-0.2, 0) is 0 Å². The molecule has 2 amide bonds. The van der Waals surface area contributed by atoms with Crippen LogP contribution in [0.15, 0.2) is 39.9 Å². The molecule has 0 aliphatic heterocycles. The predicted octanol–water partition coefficient (Wildman–Crippen LogP) is 2.86. The number of nitrogens with one attached hydrogen (secondary N) is 1. The van der Waals surface area contributed by atoms with Gasteiger partial charge < -0.3 is 10.3 Å². The highest BCUT2D eigenvalue weighted by Gasteiger charge is 2.09. The molecule has 0 aliphatic carbocycles. The van der Waals surface area contributed by atoms with Crippen molar-refractivity contribution in [3.05, 3.63) is 51.8 Å². The summed E-state index contributed by atoms with van der Waals surface area (Å²) in [5, 5.41) is 3.79. The van der Waals surface area contributed by atoms with Gasteiger partial charge in [0.1, 0.15) is 0 Å². The minimum absolute atomic E-state index is 0.678. The van der Waals surface area contributed by atoms with Gasteiger partial charge in [0.15, 0.2) is 0 Å². The Labute approximate surface area is 125 Å². The number of hydrazone groups is 1. The molecule has 1 heterocycles. The second-order valence-electron chi connectivity index (χ2n) is 4.37. The van der Waals surface area contributed by atoms with Crippen LogP contribution in [0.1, 0.15) is 17.0 Å². The monoisotopic (exact) mass is 334 g/mol. The molecular weight excluding hydrogens is 320 g/mol. The average molecular weight is 335 g/mol. The van der Waals surface area contributed by atoms with Crippen LogP contribution in [0.4, 0.5) is 4.79 Å². The zero-order valence-electron chi connectivity index (χ0n) is 11.2. The van der Waals surface area contributed by atoms with E-state index in [9.17, 15) is 4.79 Å². The molecule has 0 bridgehead atoms. The molecule has 104 valence electrons. The number of carbonyl (C=O) groups is 1. The highest BCUT2D eigenvalue weighted by molar-refractivity contribution is 9.10. The van der Waals surface area contributed by atoms with Gasteiger partial charge >= 0.3 is 6.03 Å². The summed E-state index contributed by atoms with van der Waals surface area (Å²) in [5.41, 5.74) is 11.3. The number of amides is 2. The lowest BCUT2D eigenvalue weighted by Crippen LogP contribution is -2.24. The summed E-state index contributed by atoms with van der Waals surface area (Å²) < 4.78 is 3.16. The van der Waals surface area contributed by atoms with Crippen LogP contribution >= 0.6 is 15.9 Å². The highest BCUT2D eigenvalue weighted by Crippen LogP contribution is 2.21. The average Bonchev–Trinajstić information content (AvgIpc) is 2.66. The third-order valence-corrected chi connectivity index (χ3v) is 3.46. The second-order valence-corrected chi connectivity index (χ2v) is 5.29. The van der Waals surface area contributed by atoms with E-state index >= 15 is 0 Å². The van der Waals surface area contributed by atoms with Crippen molar-refractivity contribution in [3.8, 4) is 5.69 Å². The maximum atomic E-state index is 10.6. The number of urea groups is 1. The maximum absolute atomic E-state index is 10.6. The van der Waals surface area contributed by atoms with Gasteiger partial charge in [-0.3, -0.25) is 0 Å². The molecule has 5 nitrogen and oxygen atoms in total. The van der Waals surface area contributed by atoms with Crippen molar-refractivity contribution < 1.29 is 4.79 Å². The zero-order valence-corrected chi connectivity index (χ0v) is 12.8. The van der Waals surface area contributed by atoms with Crippen LogP contribution in [0.25, 0.3) is 5.69 Å². The number of primary amides is 1. The molecular formula is C14H15BrN4O. The molecule has 2 rings (SSSR count). The van der Waals surface area contributed by atoms with Crippen molar-refractivity contribution in [3.63, 3.8) is 0 Å². The lowest BCUT2D eigenvalue weighted by molar-refractivity contribution is 0.249. The first-order valence-electron chi connectivity index (χ1n) is 6.02. The molecule has 3 N–H and O–H groups in total. The normalized spacial score (nSPS) is 10.9. The zero-order chi connectivity index (χ0) is 14.7. The number of aryl methyl sites for hydroxylation is 1. The molecule has 0 unspecified atom stereocenters. The van der Waals surface area contributed by atoms with Gasteiger partial charge in [-0.2, -0.15) is 5.10 Å². The topological polar surface area (TPSA) is 72.4 Å². The Morgan fingerprint density at radius 3 is 2.60 bits per heavy atom. The maximum Gasteiger partial charge on any atom is 0.332 e. The summed E-state index contributed by atoms with van der Waals surface area (Å²) in [6, 6.07) is 9.39. The Morgan fingerprint density at radius 1 is 1.35 bits per heavy atom. The fourth-order valence-electron chi connectivity index (χ4n) is 2.07. The smallest absolute Gasteiger partial charge is 0.332 e. The summed E-state index contributed by atoms with van der Waals surface area (Å²) in [7, 11) is 0. The second kappa shape index (κ2) is 5.92. The van der Waals surface area contributed by atoms with Crippen molar-refractivity contribution in [2.75, 3.05) is 0 Å². The van der Waals surface area contributed by atoms with Gasteiger partial charge in [0.05, 0.1) is 6.21 Å². The van der Waals surface area contributed by atoms with Crippen molar-refractivity contribution in [1.82, 2.24) is 9.99 Å².